The summed E-state index contributed by atoms with van der Waals surface area (Å²) in [5.74, 6) is 0.00969. The second-order valence-electron chi connectivity index (χ2n) is 5.09. The van der Waals surface area contributed by atoms with Gasteiger partial charge in [-0.3, -0.25) is 4.79 Å². The number of hydrogen-bond donors (Lipinski definition) is 3. The molecular formula is C15H23NO4. The summed E-state index contributed by atoms with van der Waals surface area (Å²) in [4.78, 5) is 10.6. The molecule has 0 saturated carbocycles. The minimum absolute atomic E-state index is 0.0358. The van der Waals surface area contributed by atoms with Gasteiger partial charge in [0, 0.05) is 12.6 Å². The van der Waals surface area contributed by atoms with E-state index in [0.29, 0.717) is 12.3 Å². The molecule has 1 aromatic rings. The number of ether oxygens (including phenoxy) is 1. The standard InChI is InChI=1S/C15H23NO4/c1-10(2)14(16-8-7-13(17)18)15(19)11-5-4-6-12(9-11)20-3/h4-6,9-10,14-16,19H,7-8H2,1-3H3,(H,17,18). The van der Waals surface area contributed by atoms with Gasteiger partial charge in [0.05, 0.1) is 19.6 Å². The summed E-state index contributed by atoms with van der Waals surface area (Å²) >= 11 is 0. The smallest absolute Gasteiger partial charge is 0.304 e. The Morgan fingerprint density at radius 2 is 2.10 bits per heavy atom. The SMILES string of the molecule is COc1cccc(C(O)C(NCCC(=O)O)C(C)C)c1. The summed E-state index contributed by atoms with van der Waals surface area (Å²) in [6.07, 6.45) is -0.674. The Labute approximate surface area is 119 Å². The van der Waals surface area contributed by atoms with Crippen LogP contribution in [0.1, 0.15) is 31.9 Å². The fourth-order valence-corrected chi connectivity index (χ4v) is 2.09. The van der Waals surface area contributed by atoms with E-state index < -0.39 is 12.1 Å². The summed E-state index contributed by atoms with van der Waals surface area (Å²) in [5, 5.41) is 22.3. The summed E-state index contributed by atoms with van der Waals surface area (Å²) < 4.78 is 5.15. The fourth-order valence-electron chi connectivity index (χ4n) is 2.09. The highest BCUT2D eigenvalue weighted by Crippen LogP contribution is 2.25. The predicted octanol–water partition coefficient (Wildman–Crippen LogP) is 1.82. The van der Waals surface area contributed by atoms with Gasteiger partial charge in [0.2, 0.25) is 0 Å². The Hall–Kier alpha value is -1.59. The zero-order valence-electron chi connectivity index (χ0n) is 12.2. The van der Waals surface area contributed by atoms with Crippen LogP contribution in [0.15, 0.2) is 24.3 Å². The van der Waals surface area contributed by atoms with E-state index in [-0.39, 0.29) is 18.4 Å². The predicted molar refractivity (Wildman–Crippen MR) is 76.8 cm³/mol. The zero-order valence-corrected chi connectivity index (χ0v) is 12.2. The lowest BCUT2D eigenvalue weighted by Gasteiger charge is -2.28. The van der Waals surface area contributed by atoms with Gasteiger partial charge in [-0.1, -0.05) is 26.0 Å². The van der Waals surface area contributed by atoms with E-state index in [1.807, 2.05) is 32.0 Å². The van der Waals surface area contributed by atoms with E-state index in [1.165, 1.54) is 0 Å². The van der Waals surface area contributed by atoms with Crippen LogP contribution >= 0.6 is 0 Å². The van der Waals surface area contributed by atoms with E-state index in [2.05, 4.69) is 5.32 Å². The molecule has 5 nitrogen and oxygen atoms in total. The van der Waals surface area contributed by atoms with E-state index in [0.717, 1.165) is 5.56 Å². The second kappa shape index (κ2) is 7.87. The Morgan fingerprint density at radius 3 is 2.65 bits per heavy atom. The zero-order chi connectivity index (χ0) is 15.1. The van der Waals surface area contributed by atoms with Gasteiger partial charge in [-0.05, 0) is 23.6 Å². The highest BCUT2D eigenvalue weighted by molar-refractivity contribution is 5.66. The van der Waals surface area contributed by atoms with Gasteiger partial charge >= 0.3 is 5.97 Å². The first kappa shape index (κ1) is 16.5. The van der Waals surface area contributed by atoms with E-state index >= 15 is 0 Å². The molecule has 20 heavy (non-hydrogen) atoms. The number of aliphatic carboxylic acids is 1. The molecule has 1 rings (SSSR count). The molecule has 2 unspecified atom stereocenters. The summed E-state index contributed by atoms with van der Waals surface area (Å²) in [6, 6.07) is 7.06. The average molecular weight is 281 g/mol. The van der Waals surface area contributed by atoms with Crippen molar-refractivity contribution in [1.82, 2.24) is 5.32 Å². The summed E-state index contributed by atoms with van der Waals surface area (Å²) in [5.41, 5.74) is 0.755. The second-order valence-corrected chi connectivity index (χ2v) is 5.09. The Kier molecular flexibility index (Phi) is 6.48. The van der Waals surface area contributed by atoms with E-state index in [1.54, 1.807) is 13.2 Å². The molecule has 5 heteroatoms. The molecule has 0 heterocycles. The third kappa shape index (κ3) is 4.83. The number of nitrogens with one attached hydrogen (secondary N) is 1. The molecule has 0 aliphatic heterocycles. The number of aliphatic hydroxyl groups is 1. The summed E-state index contributed by atoms with van der Waals surface area (Å²) in [7, 11) is 1.58. The monoisotopic (exact) mass is 281 g/mol. The van der Waals surface area contributed by atoms with Gasteiger partial charge in [0.15, 0.2) is 0 Å². The fraction of sp³-hybridized carbons (Fsp3) is 0.533. The van der Waals surface area contributed by atoms with Gasteiger partial charge < -0.3 is 20.3 Å². The van der Waals surface area contributed by atoms with Crippen LogP contribution in [-0.2, 0) is 4.79 Å². The Balaban J connectivity index is 2.76. The van der Waals surface area contributed by atoms with Crippen LogP contribution in [0.5, 0.6) is 5.75 Å². The van der Waals surface area contributed by atoms with Gasteiger partial charge in [-0.15, -0.1) is 0 Å². The van der Waals surface area contributed by atoms with Crippen molar-refractivity contribution in [2.45, 2.75) is 32.4 Å². The van der Waals surface area contributed by atoms with Crippen molar-refractivity contribution in [3.63, 3.8) is 0 Å². The third-order valence-electron chi connectivity index (χ3n) is 3.21. The number of hydrogen-bond acceptors (Lipinski definition) is 4. The number of methoxy groups -OCH3 is 1. The Morgan fingerprint density at radius 1 is 1.40 bits per heavy atom. The molecule has 0 amide bonds. The maximum Gasteiger partial charge on any atom is 0.304 e. The van der Waals surface area contributed by atoms with Crippen molar-refractivity contribution in [3.8, 4) is 5.75 Å². The Bertz CT molecular complexity index is 434. The lowest BCUT2D eigenvalue weighted by Crippen LogP contribution is -2.40. The lowest BCUT2D eigenvalue weighted by molar-refractivity contribution is -0.136. The van der Waals surface area contributed by atoms with Gasteiger partial charge in [-0.25, -0.2) is 0 Å². The summed E-state index contributed by atoms with van der Waals surface area (Å²) in [6.45, 7) is 4.31. The van der Waals surface area contributed by atoms with Crippen LogP contribution < -0.4 is 10.1 Å². The number of carboxylic acid groups (broad SMARTS) is 1. The molecule has 0 radical (unpaired) electrons. The molecule has 0 bridgehead atoms. The van der Waals surface area contributed by atoms with Crippen LogP contribution in [0.3, 0.4) is 0 Å². The van der Waals surface area contributed by atoms with Crippen molar-refractivity contribution in [3.05, 3.63) is 29.8 Å². The molecule has 2 atom stereocenters. The van der Waals surface area contributed by atoms with Crippen LogP contribution in [0.4, 0.5) is 0 Å². The molecule has 112 valence electrons. The number of carboxylic acids is 1. The number of rotatable bonds is 8. The molecule has 0 aliphatic rings. The van der Waals surface area contributed by atoms with Crippen molar-refractivity contribution in [2.24, 2.45) is 5.92 Å². The minimum atomic E-state index is -0.851. The molecule has 0 saturated heterocycles. The van der Waals surface area contributed by atoms with Crippen LogP contribution in [0.2, 0.25) is 0 Å². The number of carbonyl (C=O) groups is 1. The van der Waals surface area contributed by atoms with Crippen molar-refractivity contribution in [2.75, 3.05) is 13.7 Å². The van der Waals surface area contributed by atoms with Crippen LogP contribution in [-0.4, -0.2) is 35.9 Å². The van der Waals surface area contributed by atoms with Crippen molar-refractivity contribution < 1.29 is 19.7 Å². The maximum absolute atomic E-state index is 10.6. The van der Waals surface area contributed by atoms with Crippen LogP contribution in [0, 0.1) is 5.92 Å². The highest BCUT2D eigenvalue weighted by atomic mass is 16.5. The van der Waals surface area contributed by atoms with E-state index in [9.17, 15) is 9.90 Å². The van der Waals surface area contributed by atoms with Crippen molar-refractivity contribution in [1.29, 1.82) is 0 Å². The van der Waals surface area contributed by atoms with E-state index in [4.69, 9.17) is 9.84 Å². The lowest BCUT2D eigenvalue weighted by atomic mass is 9.93. The van der Waals surface area contributed by atoms with Crippen molar-refractivity contribution >= 4 is 5.97 Å². The molecule has 0 aromatic heterocycles. The van der Waals surface area contributed by atoms with Gasteiger partial charge in [-0.2, -0.15) is 0 Å². The first-order valence-corrected chi connectivity index (χ1v) is 6.73. The molecule has 0 aliphatic carbocycles. The number of benzene rings is 1. The molecule has 0 fully saturated rings. The van der Waals surface area contributed by atoms with Crippen LogP contribution in [0.25, 0.3) is 0 Å². The maximum atomic E-state index is 10.6. The highest BCUT2D eigenvalue weighted by Gasteiger charge is 2.24. The average Bonchev–Trinajstić information content (AvgIpc) is 2.42. The first-order valence-electron chi connectivity index (χ1n) is 6.73. The topological polar surface area (TPSA) is 78.8 Å². The largest absolute Gasteiger partial charge is 0.497 e. The van der Waals surface area contributed by atoms with Gasteiger partial charge in [0.25, 0.3) is 0 Å². The molecular weight excluding hydrogens is 258 g/mol. The molecule has 3 N–H and O–H groups in total. The quantitative estimate of drug-likeness (QED) is 0.677. The third-order valence-corrected chi connectivity index (χ3v) is 3.21. The minimum Gasteiger partial charge on any atom is -0.497 e. The number of aliphatic hydroxyl groups excluding tert-OH is 1. The normalized spacial score (nSPS) is 14.1. The van der Waals surface area contributed by atoms with Gasteiger partial charge in [0.1, 0.15) is 5.75 Å². The molecule has 0 spiro atoms. The molecule has 1 aromatic carbocycles. The first-order chi connectivity index (χ1) is 9.45.